The minimum Gasteiger partial charge on any atom is -0.497 e. The molecule has 0 aliphatic rings. The molecule has 6 heteroatoms. The lowest BCUT2D eigenvalue weighted by atomic mass is 10.1. The molecule has 0 fully saturated rings. The van der Waals surface area contributed by atoms with E-state index in [1.807, 2.05) is 6.92 Å². The second-order valence-electron chi connectivity index (χ2n) is 4.65. The Morgan fingerprint density at radius 1 is 1.32 bits per heavy atom. The summed E-state index contributed by atoms with van der Waals surface area (Å²) in [6.07, 6.45) is 0.547. The van der Waals surface area contributed by atoms with Gasteiger partial charge in [-0.3, -0.25) is 4.79 Å². The third-order valence-electron chi connectivity index (χ3n) is 3.20. The van der Waals surface area contributed by atoms with Crippen molar-refractivity contribution in [3.63, 3.8) is 0 Å². The van der Waals surface area contributed by atoms with Gasteiger partial charge in [0.25, 0.3) is 0 Å². The Labute approximate surface area is 128 Å². The second kappa shape index (κ2) is 6.89. The Bertz CT molecular complexity index is 690. The van der Waals surface area contributed by atoms with Crippen molar-refractivity contribution < 1.29 is 23.6 Å². The van der Waals surface area contributed by atoms with Crippen LogP contribution in [0.4, 0.5) is 0 Å². The van der Waals surface area contributed by atoms with Gasteiger partial charge in [-0.2, -0.15) is 0 Å². The Balaban J connectivity index is 2.04. The van der Waals surface area contributed by atoms with E-state index in [2.05, 4.69) is 5.16 Å². The molecule has 22 heavy (non-hydrogen) atoms. The summed E-state index contributed by atoms with van der Waals surface area (Å²) in [6, 6.07) is 6.67. The summed E-state index contributed by atoms with van der Waals surface area (Å²) in [6.45, 7) is 3.14. The predicted octanol–water partition coefficient (Wildman–Crippen LogP) is 2.59. The van der Waals surface area contributed by atoms with Crippen LogP contribution in [0, 0.1) is 6.92 Å². The quantitative estimate of drug-likeness (QED) is 0.603. The van der Waals surface area contributed by atoms with Crippen molar-refractivity contribution >= 4 is 11.8 Å². The number of Topliss-reactive ketones (excluding diaryl/α,β-unsaturated/α-hetero) is 1. The molecule has 0 unspecified atom stereocenters. The van der Waals surface area contributed by atoms with Crippen LogP contribution in [0.15, 0.2) is 28.8 Å². The van der Waals surface area contributed by atoms with Gasteiger partial charge in [0.2, 0.25) is 0 Å². The number of carbonyl (C=O) groups is 2. The van der Waals surface area contributed by atoms with E-state index in [4.69, 9.17) is 14.0 Å². The molecule has 2 aromatic rings. The molecular weight excluding hydrogens is 286 g/mol. The topological polar surface area (TPSA) is 78.6 Å². The van der Waals surface area contributed by atoms with Crippen LogP contribution in [0.3, 0.4) is 0 Å². The van der Waals surface area contributed by atoms with Crippen LogP contribution in [0.5, 0.6) is 5.75 Å². The first-order chi connectivity index (χ1) is 10.6. The molecule has 116 valence electrons. The van der Waals surface area contributed by atoms with E-state index < -0.39 is 5.97 Å². The van der Waals surface area contributed by atoms with Crippen LogP contribution >= 0.6 is 0 Å². The number of nitrogens with zero attached hydrogens (tertiary/aromatic N) is 1. The number of ether oxygens (including phenoxy) is 2. The lowest BCUT2D eigenvalue weighted by Crippen LogP contribution is -2.15. The number of aromatic nitrogens is 1. The van der Waals surface area contributed by atoms with Crippen molar-refractivity contribution in [3.05, 3.63) is 46.8 Å². The van der Waals surface area contributed by atoms with Crippen LogP contribution < -0.4 is 4.74 Å². The molecule has 1 aromatic carbocycles. The molecule has 0 N–H and O–H groups in total. The minimum absolute atomic E-state index is 0.293. The maximum absolute atomic E-state index is 12.1. The van der Waals surface area contributed by atoms with Crippen molar-refractivity contribution in [1.82, 2.24) is 5.16 Å². The lowest BCUT2D eigenvalue weighted by Gasteiger charge is -2.06. The van der Waals surface area contributed by atoms with E-state index in [0.29, 0.717) is 34.8 Å². The molecule has 0 aliphatic heterocycles. The third kappa shape index (κ3) is 3.33. The summed E-state index contributed by atoms with van der Waals surface area (Å²) in [5.41, 5.74) is 1.24. The largest absolute Gasteiger partial charge is 0.497 e. The Morgan fingerprint density at radius 3 is 2.77 bits per heavy atom. The molecule has 1 aromatic heterocycles. The highest BCUT2D eigenvalue weighted by molar-refractivity contribution is 6.00. The summed E-state index contributed by atoms with van der Waals surface area (Å²) >= 11 is 0. The Morgan fingerprint density at radius 2 is 2.09 bits per heavy atom. The molecule has 0 atom stereocenters. The smallest absolute Gasteiger partial charge is 0.344 e. The van der Waals surface area contributed by atoms with Crippen molar-refractivity contribution in [1.29, 1.82) is 0 Å². The number of benzene rings is 1. The third-order valence-corrected chi connectivity index (χ3v) is 3.20. The van der Waals surface area contributed by atoms with E-state index in [9.17, 15) is 9.59 Å². The monoisotopic (exact) mass is 303 g/mol. The van der Waals surface area contributed by atoms with E-state index in [-0.39, 0.29) is 12.4 Å². The van der Waals surface area contributed by atoms with Gasteiger partial charge in [0.05, 0.1) is 12.8 Å². The van der Waals surface area contributed by atoms with Crippen LogP contribution in [0.1, 0.15) is 39.1 Å². The van der Waals surface area contributed by atoms with E-state index in [0.717, 1.165) is 0 Å². The molecule has 6 nitrogen and oxygen atoms in total. The van der Waals surface area contributed by atoms with Gasteiger partial charge in [-0.25, -0.2) is 4.79 Å². The summed E-state index contributed by atoms with van der Waals surface area (Å²) in [5.74, 6) is 0.0438. The molecule has 1 heterocycles. The van der Waals surface area contributed by atoms with Gasteiger partial charge in [-0.15, -0.1) is 0 Å². The normalized spacial score (nSPS) is 10.3. The lowest BCUT2D eigenvalue weighted by molar-refractivity contribution is 0.0472. The van der Waals surface area contributed by atoms with E-state index in [1.54, 1.807) is 31.2 Å². The maximum atomic E-state index is 12.1. The van der Waals surface area contributed by atoms with Gasteiger partial charge >= 0.3 is 5.97 Å². The Kier molecular flexibility index (Phi) is 4.93. The van der Waals surface area contributed by atoms with Crippen LogP contribution in [0.25, 0.3) is 0 Å². The summed E-state index contributed by atoms with van der Waals surface area (Å²) in [5, 5.41) is 3.79. The number of aryl methyl sites for hydroxylation is 2. The summed E-state index contributed by atoms with van der Waals surface area (Å²) in [7, 11) is 1.52. The number of rotatable bonds is 6. The maximum Gasteiger partial charge on any atom is 0.344 e. The van der Waals surface area contributed by atoms with Crippen molar-refractivity contribution in [2.45, 2.75) is 20.3 Å². The zero-order valence-corrected chi connectivity index (χ0v) is 12.7. The average molecular weight is 303 g/mol. The van der Waals surface area contributed by atoms with Gasteiger partial charge in [-0.1, -0.05) is 24.2 Å². The number of carbonyl (C=O) groups excluding carboxylic acids is 2. The zero-order valence-electron chi connectivity index (χ0n) is 12.7. The zero-order chi connectivity index (χ0) is 16.1. The first-order valence-corrected chi connectivity index (χ1v) is 6.86. The number of hydrogen-bond acceptors (Lipinski definition) is 6. The fourth-order valence-electron chi connectivity index (χ4n) is 2.00. The van der Waals surface area contributed by atoms with Gasteiger partial charge in [0.15, 0.2) is 12.4 Å². The standard InChI is InChI=1S/C16H17NO5/c1-4-13-15(10(2)22-17-13)16(19)21-9-14(18)11-6-5-7-12(8-11)20-3/h5-8H,4,9H2,1-3H3. The van der Waals surface area contributed by atoms with Crippen molar-refractivity contribution in [2.24, 2.45) is 0 Å². The highest BCUT2D eigenvalue weighted by atomic mass is 16.5. The summed E-state index contributed by atoms with van der Waals surface area (Å²) in [4.78, 5) is 24.1. The van der Waals surface area contributed by atoms with E-state index in [1.165, 1.54) is 7.11 Å². The molecule has 0 saturated carbocycles. The molecule has 0 saturated heterocycles. The van der Waals surface area contributed by atoms with Gasteiger partial charge < -0.3 is 14.0 Å². The number of methoxy groups -OCH3 is 1. The van der Waals surface area contributed by atoms with Crippen LogP contribution in [0.2, 0.25) is 0 Å². The molecule has 0 spiro atoms. The van der Waals surface area contributed by atoms with Gasteiger partial charge in [-0.05, 0) is 25.5 Å². The first-order valence-electron chi connectivity index (χ1n) is 6.86. The summed E-state index contributed by atoms with van der Waals surface area (Å²) < 4.78 is 15.1. The van der Waals surface area contributed by atoms with Crippen molar-refractivity contribution in [2.75, 3.05) is 13.7 Å². The molecule has 0 bridgehead atoms. The van der Waals surface area contributed by atoms with Gasteiger partial charge in [0, 0.05) is 5.56 Å². The fraction of sp³-hybridized carbons (Fsp3) is 0.312. The average Bonchev–Trinajstić information content (AvgIpc) is 2.93. The Hall–Kier alpha value is -2.63. The molecular formula is C16H17NO5. The van der Waals surface area contributed by atoms with Crippen LogP contribution in [-0.2, 0) is 11.2 Å². The van der Waals surface area contributed by atoms with Gasteiger partial charge in [0.1, 0.15) is 17.1 Å². The first kappa shape index (κ1) is 15.8. The van der Waals surface area contributed by atoms with Crippen LogP contribution in [-0.4, -0.2) is 30.6 Å². The predicted molar refractivity (Wildman–Crippen MR) is 78.2 cm³/mol. The molecule has 0 radical (unpaired) electrons. The number of ketones is 1. The minimum atomic E-state index is -0.605. The SMILES string of the molecule is CCc1noc(C)c1C(=O)OCC(=O)c1cccc(OC)c1. The molecule has 0 amide bonds. The number of hydrogen-bond donors (Lipinski definition) is 0. The molecule has 0 aliphatic carbocycles. The fourth-order valence-corrected chi connectivity index (χ4v) is 2.00. The van der Waals surface area contributed by atoms with Crippen molar-refractivity contribution in [3.8, 4) is 5.75 Å². The number of esters is 1. The highest BCUT2D eigenvalue weighted by Crippen LogP contribution is 2.16. The second-order valence-corrected chi connectivity index (χ2v) is 4.65. The highest BCUT2D eigenvalue weighted by Gasteiger charge is 2.21. The molecule has 2 rings (SSSR count). The van der Waals surface area contributed by atoms with E-state index >= 15 is 0 Å².